The molecule has 0 aliphatic rings. The quantitative estimate of drug-likeness (QED) is 0.498. The van der Waals surface area contributed by atoms with Gasteiger partial charge in [0.25, 0.3) is 0 Å². The number of rotatable bonds is 8. The average Bonchev–Trinajstić information content (AvgIpc) is 3.08. The molecular formula is C22H29N3O3S. The van der Waals surface area contributed by atoms with Crippen LogP contribution in [0.1, 0.15) is 34.6 Å². The van der Waals surface area contributed by atoms with Gasteiger partial charge in [-0.2, -0.15) is 0 Å². The maximum absolute atomic E-state index is 6.25. The maximum atomic E-state index is 6.25. The molecule has 156 valence electrons. The van der Waals surface area contributed by atoms with Gasteiger partial charge in [0.2, 0.25) is 0 Å². The van der Waals surface area contributed by atoms with E-state index >= 15 is 0 Å². The van der Waals surface area contributed by atoms with Crippen LogP contribution >= 0.6 is 11.3 Å². The lowest BCUT2D eigenvalue weighted by atomic mass is 10.1. The topological polar surface area (TPSA) is 65.5 Å². The van der Waals surface area contributed by atoms with Gasteiger partial charge in [0.05, 0.1) is 17.8 Å². The van der Waals surface area contributed by atoms with Crippen LogP contribution in [0.4, 0.5) is 5.13 Å². The van der Waals surface area contributed by atoms with Crippen molar-refractivity contribution < 1.29 is 14.2 Å². The summed E-state index contributed by atoms with van der Waals surface area (Å²) in [7, 11) is 1.66. The Kier molecular flexibility index (Phi) is 6.59. The van der Waals surface area contributed by atoms with Crippen molar-refractivity contribution in [2.45, 2.75) is 46.3 Å². The van der Waals surface area contributed by atoms with Crippen LogP contribution in [0, 0.1) is 0 Å². The molecule has 2 heterocycles. The minimum atomic E-state index is -0.328. The number of aromatic nitrogens is 2. The molecular weight excluding hydrogens is 386 g/mol. The predicted molar refractivity (Wildman–Crippen MR) is 119 cm³/mol. The molecule has 0 unspecified atom stereocenters. The van der Waals surface area contributed by atoms with Crippen LogP contribution in [0.2, 0.25) is 0 Å². The van der Waals surface area contributed by atoms with Gasteiger partial charge in [-0.15, -0.1) is 11.3 Å². The minimum Gasteiger partial charge on any atom is -0.491 e. The normalized spacial score (nSPS) is 11.8. The molecule has 2 aromatic heterocycles. The van der Waals surface area contributed by atoms with E-state index in [0.29, 0.717) is 19.3 Å². The largest absolute Gasteiger partial charge is 0.491 e. The summed E-state index contributed by atoms with van der Waals surface area (Å²) in [6.45, 7) is 11.3. The van der Waals surface area contributed by atoms with Gasteiger partial charge >= 0.3 is 0 Å². The Labute approximate surface area is 176 Å². The number of benzene rings is 1. The SMILES string of the molecule is COCCOc1ccc2c(OC(C)(C)C)cc(-c3csc(NC(C)C)n3)nc2c1. The third kappa shape index (κ3) is 5.81. The van der Waals surface area contributed by atoms with Crippen molar-refractivity contribution in [3.05, 3.63) is 29.6 Å². The first-order valence-corrected chi connectivity index (χ1v) is 10.6. The Morgan fingerprint density at radius 1 is 1.07 bits per heavy atom. The molecule has 3 rings (SSSR count). The molecule has 1 N–H and O–H groups in total. The zero-order valence-corrected chi connectivity index (χ0v) is 18.7. The van der Waals surface area contributed by atoms with E-state index in [1.165, 1.54) is 0 Å². The average molecular weight is 416 g/mol. The summed E-state index contributed by atoms with van der Waals surface area (Å²) in [5.74, 6) is 1.54. The van der Waals surface area contributed by atoms with Gasteiger partial charge < -0.3 is 19.5 Å². The second kappa shape index (κ2) is 8.97. The Hall–Kier alpha value is -2.38. The molecule has 0 radical (unpaired) electrons. The van der Waals surface area contributed by atoms with E-state index in [9.17, 15) is 0 Å². The van der Waals surface area contributed by atoms with E-state index < -0.39 is 0 Å². The van der Waals surface area contributed by atoms with Crippen LogP contribution in [0.15, 0.2) is 29.6 Å². The molecule has 0 bridgehead atoms. The summed E-state index contributed by atoms with van der Waals surface area (Å²) in [5.41, 5.74) is 2.08. The van der Waals surface area contributed by atoms with Crippen molar-refractivity contribution in [3.63, 3.8) is 0 Å². The molecule has 0 atom stereocenters. The molecule has 0 fully saturated rings. The fraction of sp³-hybridized carbons (Fsp3) is 0.455. The van der Waals surface area contributed by atoms with Crippen LogP contribution in [0.3, 0.4) is 0 Å². The number of nitrogens with one attached hydrogen (secondary N) is 1. The number of thiazole rings is 1. The molecule has 29 heavy (non-hydrogen) atoms. The van der Waals surface area contributed by atoms with Crippen molar-refractivity contribution in [2.75, 3.05) is 25.6 Å². The fourth-order valence-electron chi connectivity index (χ4n) is 2.76. The summed E-state index contributed by atoms with van der Waals surface area (Å²) < 4.78 is 17.1. The molecule has 0 spiro atoms. The van der Waals surface area contributed by atoms with Gasteiger partial charge in [-0.1, -0.05) is 0 Å². The smallest absolute Gasteiger partial charge is 0.183 e. The molecule has 3 aromatic rings. The third-order valence-corrected chi connectivity index (χ3v) is 4.67. The number of hydrogen-bond acceptors (Lipinski definition) is 7. The zero-order valence-electron chi connectivity index (χ0n) is 17.9. The van der Waals surface area contributed by atoms with Crippen molar-refractivity contribution in [2.24, 2.45) is 0 Å². The molecule has 6 nitrogen and oxygen atoms in total. The molecule has 0 amide bonds. The zero-order chi connectivity index (χ0) is 21.0. The van der Waals surface area contributed by atoms with Gasteiger partial charge in [-0.25, -0.2) is 9.97 Å². The summed E-state index contributed by atoms with van der Waals surface area (Å²) in [6.07, 6.45) is 0. The second-order valence-electron chi connectivity index (χ2n) is 8.08. The Balaban J connectivity index is 2.03. The van der Waals surface area contributed by atoms with Crippen molar-refractivity contribution in [1.82, 2.24) is 9.97 Å². The Bertz CT molecular complexity index is 964. The molecule has 1 aromatic carbocycles. The summed E-state index contributed by atoms with van der Waals surface area (Å²) >= 11 is 1.57. The predicted octanol–water partition coefficient (Wildman–Crippen LogP) is 5.38. The standard InChI is InChI=1S/C22H29N3O3S/c1-14(2)23-21-25-19(13-29-21)18-12-20(28-22(3,4)5)16-8-7-15(11-17(16)24-18)27-10-9-26-6/h7-8,11-14H,9-10H2,1-6H3,(H,23,25). The number of nitrogens with zero attached hydrogens (tertiary/aromatic N) is 2. The van der Waals surface area contributed by atoms with E-state index in [2.05, 4.69) is 24.1 Å². The highest BCUT2D eigenvalue weighted by Crippen LogP contribution is 2.35. The van der Waals surface area contributed by atoms with E-state index in [1.807, 2.05) is 50.4 Å². The number of hydrogen-bond donors (Lipinski definition) is 1. The van der Waals surface area contributed by atoms with Gasteiger partial charge in [0.1, 0.15) is 29.4 Å². The second-order valence-corrected chi connectivity index (χ2v) is 8.94. The lowest BCUT2D eigenvalue weighted by Gasteiger charge is -2.23. The van der Waals surface area contributed by atoms with Crippen LogP contribution in [-0.2, 0) is 4.74 Å². The molecule has 7 heteroatoms. The van der Waals surface area contributed by atoms with E-state index in [0.717, 1.165) is 38.9 Å². The number of pyridine rings is 1. The first-order valence-electron chi connectivity index (χ1n) is 9.73. The highest BCUT2D eigenvalue weighted by molar-refractivity contribution is 7.14. The molecule has 0 saturated carbocycles. The van der Waals surface area contributed by atoms with E-state index in [-0.39, 0.29) is 5.60 Å². The first kappa shape index (κ1) is 21.3. The molecule has 0 saturated heterocycles. The van der Waals surface area contributed by atoms with Gasteiger partial charge in [-0.3, -0.25) is 0 Å². The van der Waals surface area contributed by atoms with Crippen LogP contribution in [0.25, 0.3) is 22.3 Å². The highest BCUT2D eigenvalue weighted by atomic mass is 32.1. The van der Waals surface area contributed by atoms with Crippen molar-refractivity contribution in [1.29, 1.82) is 0 Å². The van der Waals surface area contributed by atoms with Gasteiger partial charge in [0, 0.05) is 36.1 Å². The van der Waals surface area contributed by atoms with E-state index in [1.54, 1.807) is 18.4 Å². The number of methoxy groups -OCH3 is 1. The monoisotopic (exact) mass is 415 g/mol. The maximum Gasteiger partial charge on any atom is 0.183 e. The number of anilines is 1. The van der Waals surface area contributed by atoms with Crippen molar-refractivity contribution >= 4 is 27.4 Å². The van der Waals surface area contributed by atoms with Gasteiger partial charge in [-0.05, 0) is 46.8 Å². The fourth-order valence-corrected chi connectivity index (χ4v) is 3.61. The first-order chi connectivity index (χ1) is 13.7. The number of fused-ring (bicyclic) bond motifs is 1. The minimum absolute atomic E-state index is 0.324. The lowest BCUT2D eigenvalue weighted by Crippen LogP contribution is -2.23. The number of ether oxygens (including phenoxy) is 3. The van der Waals surface area contributed by atoms with E-state index in [4.69, 9.17) is 19.2 Å². The van der Waals surface area contributed by atoms with Crippen LogP contribution in [-0.4, -0.2) is 41.9 Å². The highest BCUT2D eigenvalue weighted by Gasteiger charge is 2.18. The lowest BCUT2D eigenvalue weighted by molar-refractivity contribution is 0.133. The third-order valence-electron chi connectivity index (χ3n) is 3.89. The molecule has 0 aliphatic carbocycles. The Morgan fingerprint density at radius 3 is 2.55 bits per heavy atom. The summed E-state index contributed by atoms with van der Waals surface area (Å²) in [5, 5.41) is 7.18. The van der Waals surface area contributed by atoms with Crippen LogP contribution in [0.5, 0.6) is 11.5 Å². The molecule has 0 aliphatic heterocycles. The van der Waals surface area contributed by atoms with Crippen LogP contribution < -0.4 is 14.8 Å². The summed E-state index contributed by atoms with van der Waals surface area (Å²) in [4.78, 5) is 9.53. The van der Waals surface area contributed by atoms with Gasteiger partial charge in [0.15, 0.2) is 5.13 Å². The summed E-state index contributed by atoms with van der Waals surface area (Å²) in [6, 6.07) is 8.15. The Morgan fingerprint density at radius 2 is 1.86 bits per heavy atom. The van der Waals surface area contributed by atoms with Crippen molar-refractivity contribution in [3.8, 4) is 22.9 Å².